The summed E-state index contributed by atoms with van der Waals surface area (Å²) in [5.74, 6) is 0.688. The molecule has 0 heterocycles. The summed E-state index contributed by atoms with van der Waals surface area (Å²) in [4.78, 5) is 27.3. The highest BCUT2D eigenvalue weighted by Crippen LogP contribution is 2.77. The standard InChI is InChI=1S/C37H52O5/c1-22(2)24-15-18-37(32(41)42-21-23-11-9-8-10-12-23)20-30(40)35(6)25(31(24)37)13-14-26-34(5)17-16-28(38)33(3,4)27(34)19-29(39)36(26,35)7/h8-12,24-27,29-31,39-40H,1,13-21H2,2-7H3/t24-,25+,26+,27-,29-,30-,31+,34+,35-,36-,37-/m0/s1. The molecule has 1 aromatic rings. The van der Waals surface area contributed by atoms with Crippen molar-refractivity contribution in [3.63, 3.8) is 0 Å². The third kappa shape index (κ3) is 3.74. The lowest BCUT2D eigenvalue weighted by molar-refractivity contribution is -0.298. The van der Waals surface area contributed by atoms with E-state index in [1.165, 1.54) is 0 Å². The van der Waals surface area contributed by atoms with E-state index < -0.39 is 33.9 Å². The summed E-state index contributed by atoms with van der Waals surface area (Å²) in [5.41, 5.74) is -0.369. The summed E-state index contributed by atoms with van der Waals surface area (Å²) in [6.45, 7) is 17.7. The molecule has 5 saturated carbocycles. The predicted molar refractivity (Wildman–Crippen MR) is 163 cm³/mol. The van der Waals surface area contributed by atoms with Crippen LogP contribution in [0.1, 0.15) is 98.5 Å². The number of carbonyl (C=O) groups is 2. The van der Waals surface area contributed by atoms with E-state index in [2.05, 4.69) is 48.1 Å². The zero-order valence-electron chi connectivity index (χ0n) is 26.6. The molecule has 1 aromatic carbocycles. The molecule has 0 radical (unpaired) electrons. The Bertz CT molecular complexity index is 1270. The first-order chi connectivity index (χ1) is 19.7. The fourth-order valence-electron chi connectivity index (χ4n) is 12.2. The number of aliphatic hydroxyl groups excluding tert-OH is 2. The molecule has 0 aliphatic heterocycles. The number of fused-ring (bicyclic) bond motifs is 7. The number of esters is 1. The molecule has 0 aromatic heterocycles. The van der Waals surface area contributed by atoms with Gasteiger partial charge in [0.25, 0.3) is 0 Å². The molecule has 230 valence electrons. The maximum Gasteiger partial charge on any atom is 0.312 e. The fraction of sp³-hybridized carbons (Fsp3) is 0.730. The Hall–Kier alpha value is -1.98. The minimum Gasteiger partial charge on any atom is -0.460 e. The van der Waals surface area contributed by atoms with Crippen LogP contribution in [-0.2, 0) is 20.9 Å². The minimum atomic E-state index is -0.753. The molecular formula is C37H52O5. The summed E-state index contributed by atoms with van der Waals surface area (Å²) in [7, 11) is 0. The second kappa shape index (κ2) is 9.76. The van der Waals surface area contributed by atoms with Crippen LogP contribution in [0, 0.1) is 56.7 Å². The van der Waals surface area contributed by atoms with Gasteiger partial charge in [-0.3, -0.25) is 9.59 Å². The molecule has 0 unspecified atom stereocenters. The van der Waals surface area contributed by atoms with Gasteiger partial charge in [0.05, 0.1) is 17.6 Å². The van der Waals surface area contributed by atoms with Gasteiger partial charge in [-0.25, -0.2) is 0 Å². The van der Waals surface area contributed by atoms with Gasteiger partial charge in [-0.1, -0.05) is 77.1 Å². The SMILES string of the molecule is C=C(C)[C@@H]1CC[C@]2(C(=O)OCc3ccccc3)C[C@H](O)[C@]3(C)[C@H](CC[C@@H]4[C@@]5(C)CCC(=O)C(C)(C)[C@@H]5C[C@H](O)[C@]43C)[C@@H]12. The lowest BCUT2D eigenvalue weighted by Gasteiger charge is -2.74. The van der Waals surface area contributed by atoms with Gasteiger partial charge in [0.1, 0.15) is 12.4 Å². The molecule has 5 fully saturated rings. The number of ketones is 1. The molecule has 0 saturated heterocycles. The van der Waals surface area contributed by atoms with Gasteiger partial charge in [0, 0.05) is 22.7 Å². The molecule has 0 spiro atoms. The van der Waals surface area contributed by atoms with Crippen LogP contribution in [0.25, 0.3) is 0 Å². The molecule has 0 amide bonds. The molecule has 5 nitrogen and oxygen atoms in total. The van der Waals surface area contributed by atoms with Gasteiger partial charge in [0.2, 0.25) is 0 Å². The van der Waals surface area contributed by atoms with E-state index >= 15 is 0 Å². The Morgan fingerprint density at radius 1 is 0.952 bits per heavy atom. The van der Waals surface area contributed by atoms with E-state index in [9.17, 15) is 19.8 Å². The lowest BCUT2D eigenvalue weighted by atomic mass is 9.31. The molecule has 2 N–H and O–H groups in total. The molecular weight excluding hydrogens is 524 g/mol. The molecule has 0 bridgehead atoms. The average Bonchev–Trinajstić information content (AvgIpc) is 3.34. The third-order valence-corrected chi connectivity index (χ3v) is 14.6. The van der Waals surface area contributed by atoms with E-state index in [1.807, 2.05) is 30.3 Å². The van der Waals surface area contributed by atoms with Crippen molar-refractivity contribution in [2.75, 3.05) is 0 Å². The topological polar surface area (TPSA) is 83.8 Å². The summed E-state index contributed by atoms with van der Waals surface area (Å²) in [5, 5.41) is 24.6. The van der Waals surface area contributed by atoms with E-state index in [0.29, 0.717) is 31.5 Å². The number of hydrogen-bond acceptors (Lipinski definition) is 5. The minimum absolute atomic E-state index is 0.0200. The number of aliphatic hydroxyl groups is 2. The highest BCUT2D eigenvalue weighted by atomic mass is 16.5. The van der Waals surface area contributed by atoms with Crippen LogP contribution >= 0.6 is 0 Å². The van der Waals surface area contributed by atoms with Gasteiger partial charge in [-0.2, -0.15) is 0 Å². The molecule has 42 heavy (non-hydrogen) atoms. The molecule has 6 rings (SSSR count). The van der Waals surface area contributed by atoms with Gasteiger partial charge >= 0.3 is 5.97 Å². The van der Waals surface area contributed by atoms with Crippen molar-refractivity contribution < 1.29 is 24.5 Å². The first kappa shape index (κ1) is 30.1. The zero-order chi connectivity index (χ0) is 30.5. The van der Waals surface area contributed by atoms with Crippen molar-refractivity contribution in [3.8, 4) is 0 Å². The Labute approximate surface area is 252 Å². The lowest BCUT2D eigenvalue weighted by Crippen LogP contribution is -2.73. The predicted octanol–water partition coefficient (Wildman–Crippen LogP) is 6.90. The van der Waals surface area contributed by atoms with Crippen molar-refractivity contribution in [2.45, 2.75) is 112 Å². The van der Waals surface area contributed by atoms with Crippen LogP contribution in [0.4, 0.5) is 0 Å². The van der Waals surface area contributed by atoms with Crippen molar-refractivity contribution in [1.29, 1.82) is 0 Å². The third-order valence-electron chi connectivity index (χ3n) is 14.6. The quantitative estimate of drug-likeness (QED) is 0.301. The van der Waals surface area contributed by atoms with Crippen molar-refractivity contribution in [3.05, 3.63) is 48.0 Å². The maximum absolute atomic E-state index is 14.2. The van der Waals surface area contributed by atoms with Crippen molar-refractivity contribution in [2.24, 2.45) is 56.7 Å². The summed E-state index contributed by atoms with van der Waals surface area (Å²) in [6.07, 6.45) is 4.41. The zero-order valence-corrected chi connectivity index (χ0v) is 26.6. The number of benzene rings is 1. The van der Waals surface area contributed by atoms with Crippen molar-refractivity contribution in [1.82, 2.24) is 0 Å². The van der Waals surface area contributed by atoms with Crippen LogP contribution in [0.2, 0.25) is 0 Å². The van der Waals surface area contributed by atoms with E-state index in [0.717, 1.165) is 36.8 Å². The Morgan fingerprint density at radius 2 is 1.64 bits per heavy atom. The number of allylic oxidation sites excluding steroid dienone is 1. The normalized spacial score (nSPS) is 47.4. The fourth-order valence-corrected chi connectivity index (χ4v) is 12.2. The first-order valence-electron chi connectivity index (χ1n) is 16.4. The number of ether oxygens (including phenoxy) is 1. The van der Waals surface area contributed by atoms with Crippen LogP contribution in [-0.4, -0.2) is 34.2 Å². The second-order valence-corrected chi connectivity index (χ2v) is 16.2. The average molecular weight is 577 g/mol. The number of rotatable bonds is 4. The summed E-state index contributed by atoms with van der Waals surface area (Å²) >= 11 is 0. The molecule has 5 aliphatic rings. The first-order valence-corrected chi connectivity index (χ1v) is 16.4. The largest absolute Gasteiger partial charge is 0.460 e. The Balaban J connectivity index is 1.40. The summed E-state index contributed by atoms with van der Waals surface area (Å²) in [6, 6.07) is 9.81. The number of Topliss-reactive ketones (excluding diaryl/α,β-unsaturated/α-hetero) is 1. The van der Waals surface area contributed by atoms with Crippen LogP contribution < -0.4 is 0 Å². The van der Waals surface area contributed by atoms with E-state index in [4.69, 9.17) is 4.74 Å². The maximum atomic E-state index is 14.2. The summed E-state index contributed by atoms with van der Waals surface area (Å²) < 4.78 is 6.07. The highest BCUT2D eigenvalue weighted by Gasteiger charge is 2.76. The Kier molecular flexibility index (Phi) is 6.99. The van der Waals surface area contributed by atoms with Crippen LogP contribution in [0.3, 0.4) is 0 Å². The number of carbonyl (C=O) groups excluding carboxylic acids is 2. The second-order valence-electron chi connectivity index (χ2n) is 16.2. The van der Waals surface area contributed by atoms with Gasteiger partial charge in [-0.15, -0.1) is 0 Å². The number of hydrogen-bond donors (Lipinski definition) is 2. The molecule has 11 atom stereocenters. The van der Waals surface area contributed by atoms with E-state index in [1.54, 1.807) is 0 Å². The smallest absolute Gasteiger partial charge is 0.312 e. The highest BCUT2D eigenvalue weighted by molar-refractivity contribution is 5.85. The van der Waals surface area contributed by atoms with Crippen molar-refractivity contribution >= 4 is 11.8 Å². The van der Waals surface area contributed by atoms with Crippen LogP contribution in [0.5, 0.6) is 0 Å². The van der Waals surface area contributed by atoms with Crippen LogP contribution in [0.15, 0.2) is 42.5 Å². The van der Waals surface area contributed by atoms with Gasteiger partial charge in [-0.05, 0) is 92.4 Å². The monoisotopic (exact) mass is 576 g/mol. The van der Waals surface area contributed by atoms with Gasteiger partial charge in [0.15, 0.2) is 0 Å². The van der Waals surface area contributed by atoms with E-state index in [-0.39, 0.29) is 47.6 Å². The van der Waals surface area contributed by atoms with Gasteiger partial charge < -0.3 is 14.9 Å². The Morgan fingerprint density at radius 3 is 2.31 bits per heavy atom. The molecule has 5 aliphatic carbocycles. The molecule has 5 heteroatoms.